The lowest BCUT2D eigenvalue weighted by atomic mass is 10.1. The van der Waals surface area contributed by atoms with E-state index >= 15 is 0 Å². The van der Waals surface area contributed by atoms with Gasteiger partial charge in [-0.1, -0.05) is 49.2 Å². The van der Waals surface area contributed by atoms with Crippen LogP contribution < -0.4 is 26.0 Å². The summed E-state index contributed by atoms with van der Waals surface area (Å²) in [7, 11) is 3.03. The number of carbonyl (C=O) groups is 1. The Bertz CT molecular complexity index is 1630. The van der Waals surface area contributed by atoms with Crippen LogP contribution in [0.25, 0.3) is 10.9 Å². The minimum absolute atomic E-state index is 0.0697. The largest absolute Gasteiger partial charge is 0.493 e. The number of nitrogens with zero attached hydrogens (tertiary/aromatic N) is 2. The zero-order valence-corrected chi connectivity index (χ0v) is 22.5. The summed E-state index contributed by atoms with van der Waals surface area (Å²) in [6.07, 6.45) is 4.31. The third-order valence-corrected chi connectivity index (χ3v) is 7.57. The number of benzene rings is 3. The maximum atomic E-state index is 13.8. The van der Waals surface area contributed by atoms with Gasteiger partial charge in [0.1, 0.15) is 0 Å². The molecule has 202 valence electrons. The average Bonchev–Trinajstić information content (AvgIpc) is 3.47. The van der Waals surface area contributed by atoms with Crippen molar-refractivity contribution in [3.05, 3.63) is 104 Å². The van der Waals surface area contributed by atoms with E-state index in [2.05, 4.69) is 5.32 Å². The number of nitrogens with one attached hydrogen (secondary N) is 1. The van der Waals surface area contributed by atoms with Gasteiger partial charge in [-0.2, -0.15) is 0 Å². The molecule has 4 aromatic rings. The first-order valence-electron chi connectivity index (χ1n) is 13.2. The number of fused-ring (bicyclic) bond motifs is 1. The number of hydrogen-bond acceptors (Lipinski definition) is 5. The van der Waals surface area contributed by atoms with E-state index in [0.717, 1.165) is 42.4 Å². The summed E-state index contributed by atoms with van der Waals surface area (Å²) in [6.45, 7) is 2.35. The number of hydrogen-bond donors (Lipinski definition) is 1. The molecule has 1 N–H and O–H groups in total. The second kappa shape index (κ2) is 11.2. The van der Waals surface area contributed by atoms with Crippen LogP contribution in [0, 0.1) is 6.92 Å². The predicted octanol–water partition coefficient (Wildman–Crippen LogP) is 4.26. The van der Waals surface area contributed by atoms with E-state index in [9.17, 15) is 14.4 Å². The van der Waals surface area contributed by atoms with Crippen LogP contribution in [0.5, 0.6) is 11.5 Å². The highest BCUT2D eigenvalue weighted by Gasteiger charge is 2.20. The molecule has 1 amide bonds. The molecule has 8 nitrogen and oxygen atoms in total. The van der Waals surface area contributed by atoms with Gasteiger partial charge in [-0.05, 0) is 54.7 Å². The van der Waals surface area contributed by atoms with Gasteiger partial charge in [0.25, 0.3) is 11.5 Å². The van der Waals surface area contributed by atoms with Gasteiger partial charge in [0.2, 0.25) is 0 Å². The van der Waals surface area contributed by atoms with E-state index in [-0.39, 0.29) is 25.0 Å². The van der Waals surface area contributed by atoms with Crippen molar-refractivity contribution in [1.82, 2.24) is 14.5 Å². The highest BCUT2D eigenvalue weighted by atomic mass is 16.5. The van der Waals surface area contributed by atoms with Gasteiger partial charge >= 0.3 is 5.69 Å². The van der Waals surface area contributed by atoms with Gasteiger partial charge in [0.15, 0.2) is 11.5 Å². The van der Waals surface area contributed by atoms with Crippen molar-refractivity contribution in [2.24, 2.45) is 0 Å². The fourth-order valence-electron chi connectivity index (χ4n) is 5.28. The molecule has 1 fully saturated rings. The Balaban J connectivity index is 1.55. The Labute approximate surface area is 226 Å². The maximum absolute atomic E-state index is 13.8. The highest BCUT2D eigenvalue weighted by Crippen LogP contribution is 2.30. The number of carbonyl (C=O) groups excluding carboxylic acids is 1. The van der Waals surface area contributed by atoms with Gasteiger partial charge in [0, 0.05) is 17.7 Å². The van der Waals surface area contributed by atoms with E-state index in [1.165, 1.54) is 18.8 Å². The second-order valence-corrected chi connectivity index (χ2v) is 10.1. The summed E-state index contributed by atoms with van der Waals surface area (Å²) in [5.41, 5.74) is 2.95. The van der Waals surface area contributed by atoms with Crippen molar-refractivity contribution in [3.63, 3.8) is 0 Å². The molecular weight excluding hydrogens is 494 g/mol. The Morgan fingerprint density at radius 2 is 1.56 bits per heavy atom. The fraction of sp³-hybridized carbons (Fsp3) is 0.323. The van der Waals surface area contributed by atoms with E-state index in [0.29, 0.717) is 28.0 Å². The Morgan fingerprint density at radius 3 is 2.23 bits per heavy atom. The Morgan fingerprint density at radius 1 is 0.897 bits per heavy atom. The summed E-state index contributed by atoms with van der Waals surface area (Å²) in [4.78, 5) is 40.1. The minimum atomic E-state index is -0.425. The molecule has 1 saturated carbocycles. The zero-order chi connectivity index (χ0) is 27.5. The lowest BCUT2D eigenvalue weighted by Gasteiger charge is -2.17. The highest BCUT2D eigenvalue weighted by molar-refractivity contribution is 5.94. The third-order valence-electron chi connectivity index (χ3n) is 7.57. The summed E-state index contributed by atoms with van der Waals surface area (Å²) in [6, 6.07) is 18.4. The molecule has 1 aromatic heterocycles. The summed E-state index contributed by atoms with van der Waals surface area (Å²) in [5, 5.41) is 3.44. The molecule has 0 radical (unpaired) electrons. The van der Waals surface area contributed by atoms with E-state index in [1.54, 1.807) is 41.0 Å². The summed E-state index contributed by atoms with van der Waals surface area (Å²) in [5.74, 6) is 0.747. The molecule has 0 unspecified atom stereocenters. The third kappa shape index (κ3) is 5.32. The Hall–Kier alpha value is -4.33. The molecule has 0 atom stereocenters. The average molecular weight is 528 g/mol. The fourth-order valence-corrected chi connectivity index (χ4v) is 5.28. The molecule has 0 aliphatic heterocycles. The van der Waals surface area contributed by atoms with Crippen molar-refractivity contribution in [1.29, 1.82) is 0 Å². The van der Waals surface area contributed by atoms with Crippen molar-refractivity contribution in [2.45, 2.75) is 51.7 Å². The SMILES string of the molecule is COc1cc2c(=O)n(Cc3ccc(C(=O)NC4CCCC4)cc3)c(=O)n(Cc3ccccc3C)c2cc1OC. The molecule has 3 aromatic carbocycles. The lowest BCUT2D eigenvalue weighted by Crippen LogP contribution is -2.40. The van der Waals surface area contributed by atoms with Crippen LogP contribution in [0.1, 0.15) is 52.7 Å². The first-order chi connectivity index (χ1) is 18.9. The van der Waals surface area contributed by atoms with Crippen molar-refractivity contribution in [2.75, 3.05) is 14.2 Å². The molecule has 39 heavy (non-hydrogen) atoms. The summed E-state index contributed by atoms with van der Waals surface area (Å²) >= 11 is 0. The van der Waals surface area contributed by atoms with Crippen molar-refractivity contribution >= 4 is 16.8 Å². The number of amides is 1. The standard InChI is InChI=1S/C31H33N3O5/c1-20-8-4-5-9-23(20)19-33-26-17-28(39-3)27(38-2)16-25(26)30(36)34(31(33)37)18-21-12-14-22(15-13-21)29(35)32-24-10-6-7-11-24/h4-5,8-9,12-17,24H,6-7,10-11,18-19H2,1-3H3,(H,32,35). The number of aromatic nitrogens is 2. The van der Waals surface area contributed by atoms with Crippen molar-refractivity contribution < 1.29 is 14.3 Å². The van der Waals surface area contributed by atoms with Gasteiger partial charge in [-0.3, -0.25) is 18.7 Å². The zero-order valence-electron chi connectivity index (χ0n) is 22.5. The van der Waals surface area contributed by atoms with Crippen LogP contribution in [0.15, 0.2) is 70.3 Å². The first-order valence-corrected chi connectivity index (χ1v) is 13.2. The smallest absolute Gasteiger partial charge is 0.332 e. The van der Waals surface area contributed by atoms with Crippen LogP contribution >= 0.6 is 0 Å². The number of ether oxygens (including phenoxy) is 2. The predicted molar refractivity (Wildman–Crippen MR) is 151 cm³/mol. The van der Waals surface area contributed by atoms with E-state index in [1.807, 2.05) is 31.2 Å². The number of methoxy groups -OCH3 is 2. The lowest BCUT2D eigenvalue weighted by molar-refractivity contribution is 0.0938. The first kappa shape index (κ1) is 26.3. The molecule has 0 bridgehead atoms. The van der Waals surface area contributed by atoms with Crippen LogP contribution in [0.3, 0.4) is 0 Å². The molecule has 0 saturated heterocycles. The van der Waals surface area contributed by atoms with Gasteiger partial charge in [-0.25, -0.2) is 4.79 Å². The normalized spacial score (nSPS) is 13.5. The quantitative estimate of drug-likeness (QED) is 0.370. The van der Waals surface area contributed by atoms with E-state index in [4.69, 9.17) is 9.47 Å². The number of aryl methyl sites for hydroxylation is 1. The molecule has 1 heterocycles. The monoisotopic (exact) mass is 527 g/mol. The minimum Gasteiger partial charge on any atom is -0.493 e. The van der Waals surface area contributed by atoms with Crippen LogP contribution in [0.2, 0.25) is 0 Å². The Kier molecular flexibility index (Phi) is 7.54. The van der Waals surface area contributed by atoms with Crippen LogP contribution in [-0.4, -0.2) is 35.3 Å². The van der Waals surface area contributed by atoms with Crippen LogP contribution in [-0.2, 0) is 13.1 Å². The maximum Gasteiger partial charge on any atom is 0.332 e. The van der Waals surface area contributed by atoms with Gasteiger partial charge < -0.3 is 14.8 Å². The number of rotatable bonds is 8. The molecule has 5 rings (SSSR count). The second-order valence-electron chi connectivity index (χ2n) is 10.1. The molecular formula is C31H33N3O5. The topological polar surface area (TPSA) is 91.6 Å². The van der Waals surface area contributed by atoms with E-state index < -0.39 is 11.2 Å². The molecule has 8 heteroatoms. The van der Waals surface area contributed by atoms with Crippen molar-refractivity contribution in [3.8, 4) is 11.5 Å². The molecule has 0 spiro atoms. The van der Waals surface area contributed by atoms with Gasteiger partial charge in [0.05, 0.1) is 38.2 Å². The van der Waals surface area contributed by atoms with Crippen LogP contribution in [0.4, 0.5) is 0 Å². The molecule has 1 aliphatic carbocycles. The molecule has 1 aliphatic rings. The summed E-state index contributed by atoms with van der Waals surface area (Å²) < 4.78 is 13.8. The van der Waals surface area contributed by atoms with Gasteiger partial charge in [-0.15, -0.1) is 0 Å².